The molecule has 0 radical (unpaired) electrons. The summed E-state index contributed by atoms with van der Waals surface area (Å²) in [5, 5.41) is 0. The second kappa shape index (κ2) is 5.84. The maximum atomic E-state index is 13.1. The molecule has 2 rings (SSSR count). The smallest absolute Gasteiger partial charge is 0.338 e. The van der Waals surface area contributed by atoms with Crippen LogP contribution >= 0.6 is 15.9 Å². The number of anilines is 1. The first-order chi connectivity index (χ1) is 9.04. The zero-order valence-electron chi connectivity index (χ0n) is 9.90. The van der Waals surface area contributed by atoms with Gasteiger partial charge in [0.15, 0.2) is 0 Å². The Hall–Kier alpha value is -1.88. The van der Waals surface area contributed by atoms with E-state index in [1.54, 1.807) is 30.3 Å². The molecule has 98 valence electrons. The lowest BCUT2D eigenvalue weighted by atomic mass is 10.2. The summed E-state index contributed by atoms with van der Waals surface area (Å²) in [5.74, 6) is -0.853. The fraction of sp³-hybridized carbons (Fsp3) is 0.0714. The Bertz CT molecular complexity index is 579. The van der Waals surface area contributed by atoms with Crippen molar-refractivity contribution in [2.24, 2.45) is 0 Å². The number of ether oxygens (including phenoxy) is 1. The van der Waals surface area contributed by atoms with E-state index in [9.17, 15) is 9.18 Å². The first-order valence-corrected chi connectivity index (χ1v) is 6.31. The van der Waals surface area contributed by atoms with Crippen molar-refractivity contribution < 1.29 is 13.9 Å². The van der Waals surface area contributed by atoms with Gasteiger partial charge < -0.3 is 10.5 Å². The zero-order chi connectivity index (χ0) is 13.8. The fourth-order valence-electron chi connectivity index (χ4n) is 1.55. The van der Waals surface area contributed by atoms with Crippen molar-refractivity contribution >= 4 is 27.6 Å². The van der Waals surface area contributed by atoms with Crippen molar-refractivity contribution in [1.29, 1.82) is 0 Å². The van der Waals surface area contributed by atoms with Gasteiger partial charge in [0.05, 0.1) is 5.56 Å². The van der Waals surface area contributed by atoms with Gasteiger partial charge >= 0.3 is 5.97 Å². The second-order valence-electron chi connectivity index (χ2n) is 3.98. The van der Waals surface area contributed by atoms with Crippen LogP contribution in [0.15, 0.2) is 46.9 Å². The molecule has 0 fully saturated rings. The molecule has 0 saturated heterocycles. The van der Waals surface area contributed by atoms with Gasteiger partial charge in [0.2, 0.25) is 0 Å². The van der Waals surface area contributed by atoms with Gasteiger partial charge in [0.1, 0.15) is 12.4 Å². The van der Waals surface area contributed by atoms with Gasteiger partial charge in [0, 0.05) is 10.2 Å². The number of carbonyl (C=O) groups is 1. The van der Waals surface area contributed by atoms with E-state index in [-0.39, 0.29) is 12.4 Å². The standard InChI is InChI=1S/C14H11BrFNO2/c15-11-5-9(6-12(16)7-11)8-19-14(18)10-1-3-13(17)4-2-10/h1-7H,8,17H2. The highest BCUT2D eigenvalue weighted by Crippen LogP contribution is 2.16. The normalized spacial score (nSPS) is 10.2. The molecule has 0 saturated carbocycles. The number of hydrogen-bond donors (Lipinski definition) is 1. The minimum atomic E-state index is -0.472. The van der Waals surface area contributed by atoms with Crippen LogP contribution in [0.3, 0.4) is 0 Å². The van der Waals surface area contributed by atoms with E-state index in [1.165, 1.54) is 12.1 Å². The molecule has 0 aliphatic heterocycles. The first-order valence-electron chi connectivity index (χ1n) is 5.52. The van der Waals surface area contributed by atoms with Crippen LogP contribution in [0.4, 0.5) is 10.1 Å². The first kappa shape index (κ1) is 13.5. The molecular weight excluding hydrogens is 313 g/mol. The van der Waals surface area contributed by atoms with Gasteiger partial charge in [-0.2, -0.15) is 0 Å². The van der Waals surface area contributed by atoms with Gasteiger partial charge in [-0.05, 0) is 48.0 Å². The maximum absolute atomic E-state index is 13.1. The highest BCUT2D eigenvalue weighted by Gasteiger charge is 2.07. The van der Waals surface area contributed by atoms with Crippen LogP contribution in [-0.4, -0.2) is 5.97 Å². The highest BCUT2D eigenvalue weighted by molar-refractivity contribution is 9.10. The van der Waals surface area contributed by atoms with Gasteiger partial charge in [-0.15, -0.1) is 0 Å². The lowest BCUT2D eigenvalue weighted by Gasteiger charge is -2.06. The SMILES string of the molecule is Nc1ccc(C(=O)OCc2cc(F)cc(Br)c2)cc1. The lowest BCUT2D eigenvalue weighted by molar-refractivity contribution is 0.0472. The van der Waals surface area contributed by atoms with Crippen molar-refractivity contribution in [3.8, 4) is 0 Å². The topological polar surface area (TPSA) is 52.3 Å². The Morgan fingerprint density at radius 1 is 1.21 bits per heavy atom. The molecular formula is C14H11BrFNO2. The molecule has 0 aliphatic rings. The number of carbonyl (C=O) groups excluding carboxylic acids is 1. The summed E-state index contributed by atoms with van der Waals surface area (Å²) >= 11 is 3.18. The van der Waals surface area contributed by atoms with Gasteiger partial charge in [-0.3, -0.25) is 0 Å². The third-order valence-corrected chi connectivity index (χ3v) is 2.90. The predicted octanol–water partition coefficient (Wildman–Crippen LogP) is 3.53. The van der Waals surface area contributed by atoms with Crippen LogP contribution in [-0.2, 0) is 11.3 Å². The van der Waals surface area contributed by atoms with E-state index in [2.05, 4.69) is 15.9 Å². The molecule has 0 aromatic heterocycles. The third-order valence-electron chi connectivity index (χ3n) is 2.44. The van der Waals surface area contributed by atoms with E-state index < -0.39 is 5.97 Å². The maximum Gasteiger partial charge on any atom is 0.338 e. The van der Waals surface area contributed by atoms with Gasteiger partial charge in [-0.25, -0.2) is 9.18 Å². The van der Waals surface area contributed by atoms with Crippen molar-refractivity contribution in [2.45, 2.75) is 6.61 Å². The van der Waals surface area contributed by atoms with Gasteiger partial charge in [0.25, 0.3) is 0 Å². The summed E-state index contributed by atoms with van der Waals surface area (Å²) in [6.45, 7) is 0.0135. The highest BCUT2D eigenvalue weighted by atomic mass is 79.9. The molecule has 3 nitrogen and oxygen atoms in total. The minimum absolute atomic E-state index is 0.0135. The molecule has 0 bridgehead atoms. The van der Waals surface area contributed by atoms with Crippen LogP contribution in [0.2, 0.25) is 0 Å². The van der Waals surface area contributed by atoms with Crippen LogP contribution in [0.1, 0.15) is 15.9 Å². The molecule has 2 N–H and O–H groups in total. The van der Waals surface area contributed by atoms with E-state index in [4.69, 9.17) is 10.5 Å². The summed E-state index contributed by atoms with van der Waals surface area (Å²) in [4.78, 5) is 11.7. The monoisotopic (exact) mass is 323 g/mol. The molecule has 0 heterocycles. The van der Waals surface area contributed by atoms with Crippen molar-refractivity contribution in [1.82, 2.24) is 0 Å². The van der Waals surface area contributed by atoms with E-state index >= 15 is 0 Å². The number of hydrogen-bond acceptors (Lipinski definition) is 3. The van der Waals surface area contributed by atoms with E-state index in [0.29, 0.717) is 21.3 Å². The second-order valence-corrected chi connectivity index (χ2v) is 4.89. The van der Waals surface area contributed by atoms with Crippen LogP contribution < -0.4 is 5.73 Å². The number of esters is 1. The molecule has 0 amide bonds. The number of rotatable bonds is 3. The molecule has 0 unspecified atom stereocenters. The van der Waals surface area contributed by atoms with Crippen LogP contribution in [0, 0.1) is 5.82 Å². The Morgan fingerprint density at radius 2 is 1.89 bits per heavy atom. The van der Waals surface area contributed by atoms with Gasteiger partial charge in [-0.1, -0.05) is 15.9 Å². The molecule has 0 spiro atoms. The van der Waals surface area contributed by atoms with E-state index in [1.807, 2.05) is 0 Å². The third kappa shape index (κ3) is 3.79. The summed E-state index contributed by atoms with van der Waals surface area (Å²) < 4.78 is 18.8. The Labute approximate surface area is 118 Å². The molecule has 0 aliphatic carbocycles. The molecule has 2 aromatic carbocycles. The Kier molecular flexibility index (Phi) is 4.16. The number of benzene rings is 2. The zero-order valence-corrected chi connectivity index (χ0v) is 11.5. The number of halogens is 2. The van der Waals surface area contributed by atoms with Crippen molar-refractivity contribution in [2.75, 3.05) is 5.73 Å². The van der Waals surface area contributed by atoms with E-state index in [0.717, 1.165) is 0 Å². The molecule has 2 aromatic rings. The molecule has 0 atom stereocenters. The van der Waals surface area contributed by atoms with Crippen molar-refractivity contribution in [3.63, 3.8) is 0 Å². The lowest BCUT2D eigenvalue weighted by Crippen LogP contribution is -2.05. The Morgan fingerprint density at radius 3 is 2.53 bits per heavy atom. The summed E-state index contributed by atoms with van der Waals surface area (Å²) in [5.41, 5.74) is 7.09. The fourth-order valence-corrected chi connectivity index (χ4v) is 2.06. The minimum Gasteiger partial charge on any atom is -0.457 e. The summed E-state index contributed by atoms with van der Waals surface area (Å²) in [6, 6.07) is 10.8. The number of nitrogen functional groups attached to an aromatic ring is 1. The Balaban J connectivity index is 2.02. The summed E-state index contributed by atoms with van der Waals surface area (Å²) in [6.07, 6.45) is 0. The molecule has 19 heavy (non-hydrogen) atoms. The average Bonchev–Trinajstić information content (AvgIpc) is 2.36. The van der Waals surface area contributed by atoms with Crippen LogP contribution in [0.25, 0.3) is 0 Å². The van der Waals surface area contributed by atoms with Crippen LogP contribution in [0.5, 0.6) is 0 Å². The largest absolute Gasteiger partial charge is 0.457 e. The predicted molar refractivity (Wildman–Crippen MR) is 74.1 cm³/mol. The number of nitrogens with two attached hydrogens (primary N) is 1. The quantitative estimate of drug-likeness (QED) is 0.694. The average molecular weight is 324 g/mol. The molecule has 5 heteroatoms. The summed E-state index contributed by atoms with van der Waals surface area (Å²) in [7, 11) is 0. The van der Waals surface area contributed by atoms with Crippen molar-refractivity contribution in [3.05, 3.63) is 63.9 Å².